The lowest BCUT2D eigenvalue weighted by molar-refractivity contribution is 0.0341. The first-order valence-electron chi connectivity index (χ1n) is 4.11. The average molecular weight is 191 g/mol. The van der Waals surface area contributed by atoms with E-state index in [2.05, 4.69) is 5.32 Å². The summed E-state index contributed by atoms with van der Waals surface area (Å²) in [6, 6.07) is 0. The number of aliphatic hydroxyl groups excluding tert-OH is 1. The van der Waals surface area contributed by atoms with Crippen molar-refractivity contribution >= 4 is 6.09 Å². The van der Waals surface area contributed by atoms with Gasteiger partial charge in [0.25, 0.3) is 0 Å². The highest BCUT2D eigenvalue weighted by Gasteiger charge is 2.15. The summed E-state index contributed by atoms with van der Waals surface area (Å²) in [7, 11) is 0. The van der Waals surface area contributed by atoms with Crippen molar-refractivity contribution in [3.63, 3.8) is 0 Å². The molecule has 0 rings (SSSR count). The van der Waals surface area contributed by atoms with Crippen LogP contribution in [0, 0.1) is 0 Å². The number of aliphatic hydroxyl groups is 1. The Bertz CT molecular complexity index is 153. The maximum absolute atomic E-state index is 10.9. The van der Waals surface area contributed by atoms with Gasteiger partial charge in [-0.15, -0.1) is 0 Å². The third-order valence-corrected chi connectivity index (χ3v) is 0.953. The summed E-state index contributed by atoms with van der Waals surface area (Å²) in [5, 5.41) is 10.7. The Morgan fingerprint density at radius 2 is 2.08 bits per heavy atom. The van der Waals surface area contributed by atoms with Crippen molar-refractivity contribution < 1.29 is 19.4 Å². The topological polar surface area (TPSA) is 67.8 Å². The molecule has 0 aliphatic rings. The molecule has 0 aliphatic heterocycles. The standard InChI is InChI=1S/C8H17NO4/c1-8(2,3)13-7(11)9-6-12-5-4-10/h10H,4-6H2,1-3H3,(H,9,11). The Morgan fingerprint density at radius 1 is 1.46 bits per heavy atom. The van der Waals surface area contributed by atoms with E-state index < -0.39 is 11.7 Å². The number of ether oxygens (including phenoxy) is 2. The molecule has 13 heavy (non-hydrogen) atoms. The zero-order valence-electron chi connectivity index (χ0n) is 8.29. The number of carbonyl (C=O) groups is 1. The molecule has 1 amide bonds. The summed E-state index contributed by atoms with van der Waals surface area (Å²) in [6.45, 7) is 5.53. The molecule has 0 radical (unpaired) electrons. The number of carbonyl (C=O) groups excluding carboxylic acids is 1. The Kier molecular flexibility index (Phi) is 5.41. The molecule has 0 aromatic heterocycles. The van der Waals surface area contributed by atoms with Crippen molar-refractivity contribution in [3.8, 4) is 0 Å². The summed E-state index contributed by atoms with van der Waals surface area (Å²) in [6.07, 6.45) is -0.523. The van der Waals surface area contributed by atoms with E-state index in [1.54, 1.807) is 20.8 Å². The molecule has 0 bridgehead atoms. The third kappa shape index (κ3) is 9.10. The highest BCUT2D eigenvalue weighted by atomic mass is 16.6. The molecule has 0 spiro atoms. The van der Waals surface area contributed by atoms with E-state index in [0.29, 0.717) is 0 Å². The second kappa shape index (κ2) is 5.77. The first-order chi connectivity index (χ1) is 5.95. The van der Waals surface area contributed by atoms with Crippen LogP contribution in [0.2, 0.25) is 0 Å². The van der Waals surface area contributed by atoms with Crippen molar-refractivity contribution in [2.24, 2.45) is 0 Å². The minimum absolute atomic E-state index is 0.0511. The molecule has 0 saturated heterocycles. The van der Waals surface area contributed by atoms with Crippen molar-refractivity contribution in [3.05, 3.63) is 0 Å². The van der Waals surface area contributed by atoms with Gasteiger partial charge in [0.05, 0.1) is 13.2 Å². The fraction of sp³-hybridized carbons (Fsp3) is 0.875. The van der Waals surface area contributed by atoms with Crippen LogP contribution in [0.5, 0.6) is 0 Å². The third-order valence-electron chi connectivity index (χ3n) is 0.953. The van der Waals surface area contributed by atoms with E-state index in [9.17, 15) is 4.79 Å². The van der Waals surface area contributed by atoms with Crippen LogP contribution < -0.4 is 5.32 Å². The summed E-state index contributed by atoms with van der Waals surface area (Å²) < 4.78 is 9.73. The molecular weight excluding hydrogens is 174 g/mol. The molecule has 5 nitrogen and oxygen atoms in total. The van der Waals surface area contributed by atoms with Crippen LogP contribution in [-0.4, -0.2) is 36.7 Å². The number of amides is 1. The second-order valence-electron chi connectivity index (χ2n) is 3.45. The summed E-state index contributed by atoms with van der Waals surface area (Å²) >= 11 is 0. The molecular formula is C8H17NO4. The lowest BCUT2D eigenvalue weighted by Gasteiger charge is -2.19. The van der Waals surface area contributed by atoms with E-state index in [4.69, 9.17) is 14.6 Å². The number of nitrogens with one attached hydrogen (secondary N) is 1. The molecule has 78 valence electrons. The van der Waals surface area contributed by atoms with Gasteiger partial charge in [-0.05, 0) is 20.8 Å². The Morgan fingerprint density at radius 3 is 2.54 bits per heavy atom. The van der Waals surface area contributed by atoms with Crippen molar-refractivity contribution in [1.29, 1.82) is 0 Å². The zero-order valence-corrected chi connectivity index (χ0v) is 8.29. The molecule has 0 atom stereocenters. The fourth-order valence-electron chi connectivity index (χ4n) is 0.561. The van der Waals surface area contributed by atoms with Gasteiger partial charge in [-0.2, -0.15) is 0 Å². The Balaban J connectivity index is 3.41. The zero-order chi connectivity index (χ0) is 10.3. The van der Waals surface area contributed by atoms with Gasteiger partial charge in [0.1, 0.15) is 12.3 Å². The predicted molar refractivity (Wildman–Crippen MR) is 47.3 cm³/mol. The van der Waals surface area contributed by atoms with Crippen LogP contribution in [-0.2, 0) is 9.47 Å². The number of alkyl carbamates (subject to hydrolysis) is 1. The SMILES string of the molecule is CC(C)(C)OC(=O)NCOCCO. The molecule has 0 aliphatic carbocycles. The lowest BCUT2D eigenvalue weighted by atomic mass is 10.2. The van der Waals surface area contributed by atoms with Crippen LogP contribution in [0.15, 0.2) is 0 Å². The molecule has 5 heteroatoms. The van der Waals surface area contributed by atoms with Gasteiger partial charge >= 0.3 is 6.09 Å². The number of rotatable bonds is 4. The van der Waals surface area contributed by atoms with E-state index in [1.165, 1.54) is 0 Å². The lowest BCUT2D eigenvalue weighted by Crippen LogP contribution is -2.34. The summed E-state index contributed by atoms with van der Waals surface area (Å²) in [5.41, 5.74) is -0.499. The highest BCUT2D eigenvalue weighted by Crippen LogP contribution is 2.05. The smallest absolute Gasteiger partial charge is 0.409 e. The normalized spacial score (nSPS) is 11.1. The first-order valence-corrected chi connectivity index (χ1v) is 4.11. The van der Waals surface area contributed by atoms with E-state index >= 15 is 0 Å². The predicted octanol–water partition coefficient (Wildman–Crippen LogP) is 0.477. The van der Waals surface area contributed by atoms with E-state index in [-0.39, 0.29) is 19.9 Å². The monoisotopic (exact) mass is 191 g/mol. The van der Waals surface area contributed by atoms with Crippen LogP contribution in [0.3, 0.4) is 0 Å². The van der Waals surface area contributed by atoms with E-state index in [1.807, 2.05) is 0 Å². The molecule has 0 aromatic rings. The largest absolute Gasteiger partial charge is 0.444 e. The molecule has 0 fully saturated rings. The first kappa shape index (κ1) is 12.2. The van der Waals surface area contributed by atoms with Gasteiger partial charge in [0, 0.05) is 0 Å². The molecule has 0 aromatic carbocycles. The van der Waals surface area contributed by atoms with Gasteiger partial charge in [-0.25, -0.2) is 4.79 Å². The number of hydrogen-bond acceptors (Lipinski definition) is 4. The summed E-state index contributed by atoms with van der Waals surface area (Å²) in [5.74, 6) is 0. The maximum atomic E-state index is 10.9. The quantitative estimate of drug-likeness (QED) is 0.501. The van der Waals surface area contributed by atoms with Gasteiger partial charge in [-0.1, -0.05) is 0 Å². The second-order valence-corrected chi connectivity index (χ2v) is 3.45. The fourth-order valence-corrected chi connectivity index (χ4v) is 0.561. The molecule has 0 saturated carbocycles. The molecule has 0 unspecified atom stereocenters. The maximum Gasteiger partial charge on any atom is 0.409 e. The van der Waals surface area contributed by atoms with E-state index in [0.717, 1.165) is 0 Å². The van der Waals surface area contributed by atoms with Gasteiger partial charge in [-0.3, -0.25) is 5.32 Å². The van der Waals surface area contributed by atoms with Crippen LogP contribution in [0.1, 0.15) is 20.8 Å². The summed E-state index contributed by atoms with van der Waals surface area (Å²) in [4.78, 5) is 10.9. The average Bonchev–Trinajstić information content (AvgIpc) is 1.94. The van der Waals surface area contributed by atoms with Crippen molar-refractivity contribution in [2.45, 2.75) is 26.4 Å². The van der Waals surface area contributed by atoms with Crippen LogP contribution in [0.4, 0.5) is 4.79 Å². The minimum atomic E-state index is -0.523. The van der Waals surface area contributed by atoms with Gasteiger partial charge < -0.3 is 14.6 Å². The molecule has 2 N–H and O–H groups in total. The number of hydrogen-bond donors (Lipinski definition) is 2. The highest BCUT2D eigenvalue weighted by molar-refractivity contribution is 5.67. The van der Waals surface area contributed by atoms with Crippen LogP contribution >= 0.6 is 0 Å². The Labute approximate surface area is 78.0 Å². The van der Waals surface area contributed by atoms with Crippen LogP contribution in [0.25, 0.3) is 0 Å². The van der Waals surface area contributed by atoms with Gasteiger partial charge in [0.2, 0.25) is 0 Å². The van der Waals surface area contributed by atoms with Crippen molar-refractivity contribution in [1.82, 2.24) is 5.32 Å². The van der Waals surface area contributed by atoms with Crippen molar-refractivity contribution in [2.75, 3.05) is 19.9 Å². The minimum Gasteiger partial charge on any atom is -0.444 e. The Hall–Kier alpha value is -0.810. The van der Waals surface area contributed by atoms with Gasteiger partial charge in [0.15, 0.2) is 0 Å². The molecule has 0 heterocycles.